The van der Waals surface area contributed by atoms with Crippen molar-refractivity contribution in [2.45, 2.75) is 0 Å². The van der Waals surface area contributed by atoms with Gasteiger partial charge in [0.1, 0.15) is 11.5 Å². The average molecular weight is 228 g/mol. The van der Waals surface area contributed by atoms with Gasteiger partial charge in [0.05, 0.1) is 19.9 Å². The minimum Gasteiger partial charge on any atom is -0.497 e. The third-order valence-corrected chi connectivity index (χ3v) is 2.41. The van der Waals surface area contributed by atoms with E-state index in [0.717, 1.165) is 22.9 Å². The molecule has 2 aromatic rings. The largest absolute Gasteiger partial charge is 0.497 e. The van der Waals surface area contributed by atoms with E-state index in [2.05, 4.69) is 11.4 Å². The molecule has 2 aromatic carbocycles. The maximum absolute atomic E-state index is 5.31. The number of benzene rings is 2. The summed E-state index contributed by atoms with van der Waals surface area (Å²) in [4.78, 5) is 0. The highest BCUT2D eigenvalue weighted by atomic mass is 16.5. The van der Waals surface area contributed by atoms with E-state index in [-0.39, 0.29) is 0 Å². The summed E-state index contributed by atoms with van der Waals surface area (Å²) in [5, 5.41) is 3.27. The summed E-state index contributed by atoms with van der Waals surface area (Å²) in [6.07, 6.45) is 0. The van der Waals surface area contributed by atoms with E-state index in [1.165, 1.54) is 0 Å². The molecule has 17 heavy (non-hydrogen) atoms. The van der Waals surface area contributed by atoms with Gasteiger partial charge in [0, 0.05) is 11.8 Å². The summed E-state index contributed by atoms with van der Waals surface area (Å²) >= 11 is 0. The van der Waals surface area contributed by atoms with E-state index in [1.807, 2.05) is 42.5 Å². The number of ether oxygens (including phenoxy) is 2. The maximum atomic E-state index is 5.31. The number of anilines is 2. The van der Waals surface area contributed by atoms with Gasteiger partial charge in [-0.3, -0.25) is 0 Å². The fourth-order valence-electron chi connectivity index (χ4n) is 1.53. The molecule has 0 amide bonds. The van der Waals surface area contributed by atoms with Gasteiger partial charge in [-0.25, -0.2) is 0 Å². The van der Waals surface area contributed by atoms with Gasteiger partial charge in [-0.15, -0.1) is 0 Å². The molecule has 0 aromatic heterocycles. The summed E-state index contributed by atoms with van der Waals surface area (Å²) in [7, 11) is 3.27. The molecule has 0 unspecified atom stereocenters. The highest BCUT2D eigenvalue weighted by Gasteiger charge is 2.04. The van der Waals surface area contributed by atoms with Gasteiger partial charge in [-0.1, -0.05) is 12.1 Å². The molecule has 87 valence electrons. The third kappa shape index (κ3) is 2.69. The van der Waals surface area contributed by atoms with Crippen LogP contribution in [0.25, 0.3) is 0 Å². The van der Waals surface area contributed by atoms with Crippen molar-refractivity contribution in [2.24, 2.45) is 0 Å². The van der Waals surface area contributed by atoms with Crippen molar-refractivity contribution in [3.63, 3.8) is 0 Å². The van der Waals surface area contributed by atoms with Crippen LogP contribution in [0.3, 0.4) is 0 Å². The Morgan fingerprint density at radius 3 is 2.41 bits per heavy atom. The molecule has 3 heteroatoms. The smallest absolute Gasteiger partial charge is 0.145 e. The minimum atomic E-state index is 0.747. The van der Waals surface area contributed by atoms with E-state index in [9.17, 15) is 0 Å². The second-order valence-corrected chi connectivity index (χ2v) is 3.48. The molecule has 0 saturated carbocycles. The predicted molar refractivity (Wildman–Crippen MR) is 68.1 cm³/mol. The molecule has 0 bridgehead atoms. The molecular formula is C14H14NO2. The first-order valence-corrected chi connectivity index (χ1v) is 5.28. The van der Waals surface area contributed by atoms with Crippen molar-refractivity contribution in [2.75, 3.05) is 19.5 Å². The molecule has 1 N–H and O–H groups in total. The van der Waals surface area contributed by atoms with Crippen LogP contribution >= 0.6 is 0 Å². The van der Waals surface area contributed by atoms with Crippen molar-refractivity contribution >= 4 is 11.4 Å². The fraction of sp³-hybridized carbons (Fsp3) is 0.143. The Kier molecular flexibility index (Phi) is 3.50. The molecule has 0 saturated heterocycles. The number of hydrogen-bond acceptors (Lipinski definition) is 3. The number of hydrogen-bond donors (Lipinski definition) is 1. The van der Waals surface area contributed by atoms with Crippen molar-refractivity contribution in [1.82, 2.24) is 0 Å². The number of rotatable bonds is 4. The van der Waals surface area contributed by atoms with Crippen LogP contribution in [0.2, 0.25) is 0 Å². The van der Waals surface area contributed by atoms with Crippen molar-refractivity contribution in [3.8, 4) is 11.5 Å². The van der Waals surface area contributed by atoms with Gasteiger partial charge in [-0.05, 0) is 30.3 Å². The first-order valence-electron chi connectivity index (χ1n) is 5.28. The van der Waals surface area contributed by atoms with Crippen molar-refractivity contribution in [3.05, 3.63) is 48.5 Å². The predicted octanol–water partition coefficient (Wildman–Crippen LogP) is 3.25. The molecule has 0 heterocycles. The zero-order valence-corrected chi connectivity index (χ0v) is 9.86. The van der Waals surface area contributed by atoms with Gasteiger partial charge in [-0.2, -0.15) is 0 Å². The van der Waals surface area contributed by atoms with Crippen LogP contribution < -0.4 is 14.8 Å². The van der Waals surface area contributed by atoms with E-state index < -0.39 is 0 Å². The average Bonchev–Trinajstić information content (AvgIpc) is 2.40. The Balaban J connectivity index is 2.26. The molecule has 0 spiro atoms. The zero-order valence-electron chi connectivity index (χ0n) is 9.86. The summed E-state index contributed by atoms with van der Waals surface area (Å²) < 4.78 is 10.5. The van der Waals surface area contributed by atoms with Gasteiger partial charge in [0.15, 0.2) is 0 Å². The van der Waals surface area contributed by atoms with E-state index in [4.69, 9.17) is 9.47 Å². The summed E-state index contributed by atoms with van der Waals surface area (Å²) in [5.41, 5.74) is 1.90. The highest BCUT2D eigenvalue weighted by Crippen LogP contribution is 2.31. The molecule has 3 nitrogen and oxygen atoms in total. The first-order chi connectivity index (χ1) is 8.33. The van der Waals surface area contributed by atoms with Gasteiger partial charge < -0.3 is 14.8 Å². The Bertz CT molecular complexity index is 483. The van der Waals surface area contributed by atoms with Crippen LogP contribution in [-0.4, -0.2) is 14.2 Å². The fourth-order valence-corrected chi connectivity index (χ4v) is 1.53. The lowest BCUT2D eigenvalue weighted by atomic mass is 10.2. The molecule has 0 aliphatic heterocycles. The molecule has 0 aliphatic carbocycles. The molecular weight excluding hydrogens is 214 g/mol. The lowest BCUT2D eigenvalue weighted by molar-refractivity contribution is 0.395. The Hall–Kier alpha value is -2.16. The summed E-state index contributed by atoms with van der Waals surface area (Å²) in [6.45, 7) is 0. The molecule has 0 aliphatic rings. The monoisotopic (exact) mass is 228 g/mol. The topological polar surface area (TPSA) is 30.5 Å². The zero-order chi connectivity index (χ0) is 12.1. The Morgan fingerprint density at radius 2 is 1.76 bits per heavy atom. The number of nitrogens with one attached hydrogen (secondary N) is 1. The van der Waals surface area contributed by atoms with Crippen LogP contribution in [-0.2, 0) is 0 Å². The van der Waals surface area contributed by atoms with Crippen LogP contribution in [0.15, 0.2) is 42.5 Å². The maximum Gasteiger partial charge on any atom is 0.145 e. The van der Waals surface area contributed by atoms with Crippen molar-refractivity contribution < 1.29 is 9.47 Å². The normalized spacial score (nSPS) is 9.76. The summed E-state index contributed by atoms with van der Waals surface area (Å²) in [5.74, 6) is 1.52. The lowest BCUT2D eigenvalue weighted by Gasteiger charge is -2.12. The van der Waals surface area contributed by atoms with E-state index in [1.54, 1.807) is 14.2 Å². The quantitative estimate of drug-likeness (QED) is 0.871. The molecule has 1 radical (unpaired) electrons. The van der Waals surface area contributed by atoms with Crippen LogP contribution in [0.1, 0.15) is 0 Å². The van der Waals surface area contributed by atoms with Crippen molar-refractivity contribution in [1.29, 1.82) is 0 Å². The molecule has 0 atom stereocenters. The standard InChI is InChI=1S/C14H14NO2/c1-16-12-8-9-13(14(10-12)17-2)15-11-6-4-3-5-7-11/h4-10,15H,1-2H3. The van der Waals surface area contributed by atoms with Gasteiger partial charge >= 0.3 is 0 Å². The van der Waals surface area contributed by atoms with E-state index >= 15 is 0 Å². The second kappa shape index (κ2) is 5.25. The SMILES string of the molecule is COc1ccc(Nc2cc[c]cc2)c(OC)c1. The molecule has 0 fully saturated rings. The lowest BCUT2D eigenvalue weighted by Crippen LogP contribution is -1.95. The molecule has 2 rings (SSSR count). The highest BCUT2D eigenvalue weighted by molar-refractivity contribution is 5.67. The van der Waals surface area contributed by atoms with Crippen LogP contribution in [0.4, 0.5) is 11.4 Å². The Labute approximate surface area is 101 Å². The van der Waals surface area contributed by atoms with Crippen LogP contribution in [0, 0.1) is 6.07 Å². The first kappa shape index (κ1) is 11.3. The number of methoxy groups -OCH3 is 2. The van der Waals surface area contributed by atoms with E-state index in [0.29, 0.717) is 0 Å². The van der Waals surface area contributed by atoms with Crippen LogP contribution in [0.5, 0.6) is 11.5 Å². The van der Waals surface area contributed by atoms with Gasteiger partial charge in [0.2, 0.25) is 0 Å². The Morgan fingerprint density at radius 1 is 1.00 bits per heavy atom. The third-order valence-electron chi connectivity index (χ3n) is 2.41. The summed E-state index contributed by atoms with van der Waals surface area (Å²) in [6, 6.07) is 16.2. The minimum absolute atomic E-state index is 0.747. The second-order valence-electron chi connectivity index (χ2n) is 3.48. The van der Waals surface area contributed by atoms with Gasteiger partial charge in [0.25, 0.3) is 0 Å².